The molecule has 1 saturated heterocycles. The zero-order valence-electron chi connectivity index (χ0n) is 7.11. The van der Waals surface area contributed by atoms with Gasteiger partial charge in [0.05, 0.1) is 11.8 Å². The normalized spacial score (nSPS) is 29.1. The molecule has 1 aliphatic rings. The third-order valence-electron chi connectivity index (χ3n) is 1.97. The fourth-order valence-electron chi connectivity index (χ4n) is 1.42. The molecule has 0 aromatic heterocycles. The first-order valence-corrected chi connectivity index (χ1v) is 3.80. The fraction of sp³-hybridized carbons (Fsp3) is 0.857. The van der Waals surface area contributed by atoms with Crippen molar-refractivity contribution in [3.05, 3.63) is 0 Å². The minimum atomic E-state index is -4.15. The van der Waals surface area contributed by atoms with Crippen LogP contribution >= 0.6 is 12.4 Å². The number of halogens is 4. The summed E-state index contributed by atoms with van der Waals surface area (Å²) in [6.45, 7) is 1.66. The monoisotopic (exact) mass is 216 g/mol. The number of nitrogens with one attached hydrogen (secondary N) is 2. The summed E-state index contributed by atoms with van der Waals surface area (Å²) in [5.74, 6) is -1.34. The van der Waals surface area contributed by atoms with E-state index in [1.807, 2.05) is 0 Å². The van der Waals surface area contributed by atoms with Crippen molar-refractivity contribution in [2.24, 2.45) is 5.92 Å². The van der Waals surface area contributed by atoms with E-state index < -0.39 is 12.1 Å². The molecule has 1 rings (SSSR count). The molecule has 1 fully saturated rings. The van der Waals surface area contributed by atoms with E-state index in [4.69, 9.17) is 5.41 Å². The third-order valence-corrected chi connectivity index (χ3v) is 1.97. The lowest BCUT2D eigenvalue weighted by Gasteiger charge is -2.30. The van der Waals surface area contributed by atoms with Gasteiger partial charge in [-0.05, 0) is 13.3 Å². The van der Waals surface area contributed by atoms with Gasteiger partial charge in [-0.1, -0.05) is 0 Å². The maximum absolute atomic E-state index is 12.2. The van der Waals surface area contributed by atoms with Crippen LogP contribution in [0.3, 0.4) is 0 Å². The van der Waals surface area contributed by atoms with Gasteiger partial charge in [-0.25, -0.2) is 0 Å². The molecule has 13 heavy (non-hydrogen) atoms. The lowest BCUT2D eigenvalue weighted by Crippen LogP contribution is -2.44. The first kappa shape index (κ1) is 12.6. The average molecular weight is 217 g/mol. The topological polar surface area (TPSA) is 35.9 Å². The molecule has 2 N–H and O–H groups in total. The van der Waals surface area contributed by atoms with Crippen molar-refractivity contribution >= 4 is 18.2 Å². The van der Waals surface area contributed by atoms with Crippen LogP contribution in [0.25, 0.3) is 0 Å². The number of piperidine rings is 1. The summed E-state index contributed by atoms with van der Waals surface area (Å²) >= 11 is 0. The van der Waals surface area contributed by atoms with Gasteiger partial charge in [0.1, 0.15) is 0 Å². The van der Waals surface area contributed by atoms with Crippen molar-refractivity contribution in [1.82, 2.24) is 5.32 Å². The molecule has 6 heteroatoms. The van der Waals surface area contributed by atoms with Crippen LogP contribution in [0, 0.1) is 11.3 Å². The van der Waals surface area contributed by atoms with E-state index >= 15 is 0 Å². The van der Waals surface area contributed by atoms with E-state index in [-0.39, 0.29) is 37.1 Å². The maximum Gasteiger partial charge on any atom is 0.392 e. The van der Waals surface area contributed by atoms with Gasteiger partial charge in [-0.3, -0.25) is 5.41 Å². The highest BCUT2D eigenvalue weighted by molar-refractivity contribution is 5.85. The predicted octanol–water partition coefficient (Wildman–Crippen LogP) is 2.34. The molecule has 2 unspecified atom stereocenters. The molecule has 1 heterocycles. The second kappa shape index (κ2) is 4.17. The molecule has 0 radical (unpaired) electrons. The Balaban J connectivity index is 0.00000144. The van der Waals surface area contributed by atoms with Gasteiger partial charge in [0.15, 0.2) is 0 Å². The number of amidine groups is 1. The molecule has 0 aromatic rings. The number of rotatable bonds is 0. The van der Waals surface area contributed by atoms with Crippen molar-refractivity contribution in [1.29, 1.82) is 5.41 Å². The van der Waals surface area contributed by atoms with Gasteiger partial charge in [0.25, 0.3) is 0 Å². The highest BCUT2D eigenvalue weighted by Gasteiger charge is 2.42. The largest absolute Gasteiger partial charge is 0.392 e. The summed E-state index contributed by atoms with van der Waals surface area (Å²) in [5.41, 5.74) is 0. The first-order valence-electron chi connectivity index (χ1n) is 3.80. The Hall–Kier alpha value is -0.450. The predicted molar refractivity (Wildman–Crippen MR) is 46.4 cm³/mol. The second-order valence-corrected chi connectivity index (χ2v) is 3.20. The molecule has 0 spiro atoms. The average Bonchev–Trinajstić information content (AvgIpc) is 1.82. The van der Waals surface area contributed by atoms with Crippen LogP contribution in [-0.4, -0.2) is 18.1 Å². The van der Waals surface area contributed by atoms with Crippen molar-refractivity contribution in [3.8, 4) is 0 Å². The van der Waals surface area contributed by atoms with Crippen LogP contribution < -0.4 is 5.32 Å². The highest BCUT2D eigenvalue weighted by atomic mass is 35.5. The molecule has 0 amide bonds. The van der Waals surface area contributed by atoms with E-state index in [1.165, 1.54) is 0 Å². The van der Waals surface area contributed by atoms with Gasteiger partial charge in [0, 0.05) is 12.5 Å². The van der Waals surface area contributed by atoms with E-state index in [2.05, 4.69) is 5.32 Å². The van der Waals surface area contributed by atoms with Crippen LogP contribution in [-0.2, 0) is 0 Å². The van der Waals surface area contributed by atoms with E-state index in [0.29, 0.717) is 0 Å². The fourth-order valence-corrected chi connectivity index (χ4v) is 1.42. The first-order chi connectivity index (χ1) is 5.39. The molecule has 0 saturated carbocycles. The smallest absolute Gasteiger partial charge is 0.372 e. The maximum atomic E-state index is 12.2. The lowest BCUT2D eigenvalue weighted by molar-refractivity contribution is -0.177. The van der Waals surface area contributed by atoms with Crippen molar-refractivity contribution in [2.45, 2.75) is 32.0 Å². The Labute approximate surface area is 80.8 Å². The van der Waals surface area contributed by atoms with Gasteiger partial charge >= 0.3 is 6.18 Å². The Kier molecular flexibility index (Phi) is 4.03. The zero-order chi connectivity index (χ0) is 9.35. The molecule has 0 aromatic carbocycles. The minimum Gasteiger partial charge on any atom is -0.372 e. The number of hydrogen-bond donors (Lipinski definition) is 2. The second-order valence-electron chi connectivity index (χ2n) is 3.20. The summed E-state index contributed by atoms with van der Waals surface area (Å²) in [6, 6.07) is -0.238. The number of hydrogen-bond acceptors (Lipinski definition) is 1. The molecule has 0 bridgehead atoms. The summed E-state index contributed by atoms with van der Waals surface area (Å²) < 4.78 is 36.5. The standard InChI is InChI=1S/C7H11F3N2.ClH/c1-4-2-5(7(8,9)10)3-6(11)12-4;/h4-5H,2-3H2,1H3,(H2,11,12);1H. The van der Waals surface area contributed by atoms with E-state index in [0.717, 1.165) is 0 Å². The van der Waals surface area contributed by atoms with Crippen molar-refractivity contribution < 1.29 is 13.2 Å². The molecule has 78 valence electrons. The zero-order valence-corrected chi connectivity index (χ0v) is 7.93. The summed E-state index contributed by atoms with van der Waals surface area (Å²) in [6.07, 6.45) is -4.28. The Morgan fingerprint density at radius 2 is 2.00 bits per heavy atom. The Morgan fingerprint density at radius 1 is 1.46 bits per heavy atom. The molecule has 2 nitrogen and oxygen atoms in total. The molecule has 0 aliphatic carbocycles. The van der Waals surface area contributed by atoms with Gasteiger partial charge in [0.2, 0.25) is 0 Å². The minimum absolute atomic E-state index is 0. The third kappa shape index (κ3) is 3.42. The van der Waals surface area contributed by atoms with Gasteiger partial charge in [-0.15, -0.1) is 12.4 Å². The Bertz CT molecular complexity index is 193. The SMILES string of the molecule is CC1CC(C(F)(F)F)CC(=N)N1.Cl. The molecule has 1 aliphatic heterocycles. The quantitative estimate of drug-likeness (QED) is 0.641. The van der Waals surface area contributed by atoms with Crippen LogP contribution in [0.5, 0.6) is 0 Å². The summed E-state index contributed by atoms with van der Waals surface area (Å²) in [7, 11) is 0. The highest BCUT2D eigenvalue weighted by Crippen LogP contribution is 2.34. The lowest BCUT2D eigenvalue weighted by atomic mass is 9.92. The molecular formula is C7H12ClF3N2. The van der Waals surface area contributed by atoms with Crippen molar-refractivity contribution in [2.75, 3.05) is 0 Å². The van der Waals surface area contributed by atoms with E-state index in [9.17, 15) is 13.2 Å². The van der Waals surface area contributed by atoms with E-state index in [1.54, 1.807) is 6.92 Å². The molecular weight excluding hydrogens is 205 g/mol. The summed E-state index contributed by atoms with van der Waals surface area (Å²) in [5, 5.41) is 9.78. The van der Waals surface area contributed by atoms with Crippen LogP contribution in [0.2, 0.25) is 0 Å². The molecule has 2 atom stereocenters. The van der Waals surface area contributed by atoms with Crippen LogP contribution in [0.15, 0.2) is 0 Å². The summed E-state index contributed by atoms with van der Waals surface area (Å²) in [4.78, 5) is 0. The van der Waals surface area contributed by atoms with Crippen LogP contribution in [0.1, 0.15) is 19.8 Å². The van der Waals surface area contributed by atoms with Gasteiger partial charge < -0.3 is 5.32 Å². The number of alkyl halides is 3. The van der Waals surface area contributed by atoms with Gasteiger partial charge in [-0.2, -0.15) is 13.2 Å². The van der Waals surface area contributed by atoms with Crippen LogP contribution in [0.4, 0.5) is 13.2 Å². The van der Waals surface area contributed by atoms with Crippen molar-refractivity contribution in [3.63, 3.8) is 0 Å². The Morgan fingerprint density at radius 3 is 2.38 bits per heavy atom.